The molecule has 1 N–H and O–H groups in total. The molecule has 1 aliphatic carbocycles. The Morgan fingerprint density at radius 1 is 1.44 bits per heavy atom. The smallest absolute Gasteiger partial charge is 0.387 e. The van der Waals surface area contributed by atoms with Crippen molar-refractivity contribution in [3.63, 3.8) is 0 Å². The van der Waals surface area contributed by atoms with Gasteiger partial charge in [-0.3, -0.25) is 4.98 Å². The number of aliphatic hydroxyl groups is 1. The van der Waals surface area contributed by atoms with E-state index in [-0.39, 0.29) is 5.56 Å². The molecule has 0 aromatic carbocycles. The number of aliphatic hydroxyl groups excluding tert-OH is 1. The molecule has 2 nitrogen and oxygen atoms in total. The molecule has 1 aliphatic rings. The van der Waals surface area contributed by atoms with Gasteiger partial charge in [0.15, 0.2) is 0 Å². The molecule has 0 bridgehead atoms. The summed E-state index contributed by atoms with van der Waals surface area (Å²) in [6.45, 7) is 0. The number of hydrogen-bond donors (Lipinski definition) is 1. The van der Waals surface area contributed by atoms with Crippen LogP contribution < -0.4 is 0 Å². The molecule has 1 unspecified atom stereocenters. The number of halogens is 3. The van der Waals surface area contributed by atoms with E-state index in [2.05, 4.69) is 4.98 Å². The number of thioether (sulfide) groups is 1. The number of nitrogens with zero attached hydrogens (tertiary/aromatic N) is 1. The molecule has 1 heterocycles. The van der Waals surface area contributed by atoms with Gasteiger partial charge < -0.3 is 5.11 Å². The molecular formula is C12H14F3NOS. The third-order valence-electron chi connectivity index (χ3n) is 3.56. The van der Waals surface area contributed by atoms with E-state index in [1.807, 2.05) is 6.26 Å². The van der Waals surface area contributed by atoms with E-state index in [0.29, 0.717) is 0 Å². The SMILES string of the molecule is CSC1(C(O)c2cnccc2C(F)(F)F)CCC1. The predicted octanol–water partition coefficient (Wildman–Crippen LogP) is 3.42. The highest BCUT2D eigenvalue weighted by atomic mass is 32.2. The Balaban J connectivity index is 2.39. The molecule has 0 saturated heterocycles. The maximum absolute atomic E-state index is 12.9. The Hall–Kier alpha value is -0.750. The third kappa shape index (κ3) is 2.23. The lowest BCUT2D eigenvalue weighted by Gasteiger charge is -2.44. The van der Waals surface area contributed by atoms with Crippen molar-refractivity contribution < 1.29 is 18.3 Å². The summed E-state index contributed by atoms with van der Waals surface area (Å²) in [6.07, 6.45) is 0.901. The highest BCUT2D eigenvalue weighted by molar-refractivity contribution is 8.00. The molecule has 1 saturated carbocycles. The van der Waals surface area contributed by atoms with Gasteiger partial charge in [0.2, 0.25) is 0 Å². The average molecular weight is 277 g/mol. The van der Waals surface area contributed by atoms with Gasteiger partial charge in [-0.25, -0.2) is 0 Å². The van der Waals surface area contributed by atoms with E-state index in [1.54, 1.807) is 0 Å². The second-order valence-corrected chi connectivity index (χ2v) is 5.71. The molecule has 0 amide bonds. The monoisotopic (exact) mass is 277 g/mol. The predicted molar refractivity (Wildman–Crippen MR) is 64.3 cm³/mol. The zero-order valence-electron chi connectivity index (χ0n) is 9.87. The van der Waals surface area contributed by atoms with Crippen LogP contribution in [-0.4, -0.2) is 21.1 Å². The molecule has 18 heavy (non-hydrogen) atoms. The standard InChI is InChI=1S/C12H14F3NOS/c1-18-11(4-2-5-11)10(17)8-7-16-6-3-9(8)12(13,14)15/h3,6-7,10,17H,2,4-5H2,1H3. The van der Waals surface area contributed by atoms with Crippen LogP contribution in [0.3, 0.4) is 0 Å². The first-order chi connectivity index (χ1) is 8.41. The highest BCUT2D eigenvalue weighted by Gasteiger charge is 2.46. The molecule has 6 heteroatoms. The minimum absolute atomic E-state index is 0.112. The number of rotatable bonds is 3. The van der Waals surface area contributed by atoms with Gasteiger partial charge in [-0.2, -0.15) is 24.9 Å². The second kappa shape index (κ2) is 4.74. The number of alkyl halides is 3. The molecule has 1 aromatic heterocycles. The van der Waals surface area contributed by atoms with Gasteiger partial charge in [0.25, 0.3) is 0 Å². The average Bonchev–Trinajstić information content (AvgIpc) is 2.27. The van der Waals surface area contributed by atoms with Gasteiger partial charge in [-0.15, -0.1) is 0 Å². The summed E-state index contributed by atoms with van der Waals surface area (Å²) < 4.78 is 38.1. The summed E-state index contributed by atoms with van der Waals surface area (Å²) in [7, 11) is 0. The Morgan fingerprint density at radius 3 is 2.56 bits per heavy atom. The van der Waals surface area contributed by atoms with Crippen LogP contribution in [0.4, 0.5) is 13.2 Å². The fourth-order valence-corrected chi connectivity index (χ4v) is 3.33. The van der Waals surface area contributed by atoms with Crippen LogP contribution in [0.2, 0.25) is 0 Å². The van der Waals surface area contributed by atoms with Crippen molar-refractivity contribution in [2.45, 2.75) is 36.3 Å². The minimum atomic E-state index is -4.46. The van der Waals surface area contributed by atoms with Crippen LogP contribution in [-0.2, 0) is 6.18 Å². The van der Waals surface area contributed by atoms with E-state index in [1.165, 1.54) is 11.8 Å². The van der Waals surface area contributed by atoms with Crippen molar-refractivity contribution >= 4 is 11.8 Å². The van der Waals surface area contributed by atoms with Crippen molar-refractivity contribution in [1.82, 2.24) is 4.98 Å². The molecule has 1 aromatic rings. The molecule has 1 atom stereocenters. The van der Waals surface area contributed by atoms with Crippen LogP contribution >= 0.6 is 11.8 Å². The number of aromatic nitrogens is 1. The molecule has 100 valence electrons. The van der Waals surface area contributed by atoms with Crippen LogP contribution in [0.25, 0.3) is 0 Å². The number of pyridine rings is 1. The minimum Gasteiger partial charge on any atom is -0.387 e. The van der Waals surface area contributed by atoms with Crippen LogP contribution in [0.1, 0.15) is 36.5 Å². The maximum Gasteiger partial charge on any atom is 0.416 e. The van der Waals surface area contributed by atoms with Crippen molar-refractivity contribution in [3.05, 3.63) is 29.6 Å². The van der Waals surface area contributed by atoms with Gasteiger partial charge in [-0.05, 0) is 25.2 Å². The zero-order chi connectivity index (χ0) is 13.4. The van der Waals surface area contributed by atoms with E-state index in [0.717, 1.165) is 37.7 Å². The van der Waals surface area contributed by atoms with Crippen LogP contribution in [0, 0.1) is 0 Å². The molecule has 0 spiro atoms. The highest BCUT2D eigenvalue weighted by Crippen LogP contribution is 2.52. The van der Waals surface area contributed by atoms with Gasteiger partial charge in [0.05, 0.1) is 11.7 Å². The first-order valence-electron chi connectivity index (χ1n) is 5.65. The van der Waals surface area contributed by atoms with Crippen molar-refractivity contribution in [1.29, 1.82) is 0 Å². The normalized spacial score (nSPS) is 20.3. The topological polar surface area (TPSA) is 33.1 Å². The summed E-state index contributed by atoms with van der Waals surface area (Å²) in [5, 5.41) is 10.3. The zero-order valence-corrected chi connectivity index (χ0v) is 10.7. The fourth-order valence-electron chi connectivity index (χ4n) is 2.28. The summed E-state index contributed by atoms with van der Waals surface area (Å²) in [6, 6.07) is 0.922. The van der Waals surface area contributed by atoms with E-state index in [4.69, 9.17) is 0 Å². The first-order valence-corrected chi connectivity index (χ1v) is 6.87. The summed E-state index contributed by atoms with van der Waals surface area (Å²) in [4.78, 5) is 3.72. The first kappa shape index (κ1) is 13.7. The fraction of sp³-hybridized carbons (Fsp3) is 0.583. The molecule has 2 rings (SSSR count). The molecule has 0 aliphatic heterocycles. The van der Waals surface area contributed by atoms with Gasteiger partial charge in [0, 0.05) is 22.7 Å². The Morgan fingerprint density at radius 2 is 2.11 bits per heavy atom. The Bertz CT molecular complexity index is 426. The lowest BCUT2D eigenvalue weighted by molar-refractivity contribution is -0.139. The van der Waals surface area contributed by atoms with Crippen LogP contribution in [0.15, 0.2) is 18.5 Å². The van der Waals surface area contributed by atoms with E-state index >= 15 is 0 Å². The van der Waals surface area contributed by atoms with Gasteiger partial charge in [-0.1, -0.05) is 6.42 Å². The quantitative estimate of drug-likeness (QED) is 0.919. The Labute approximate surface area is 108 Å². The summed E-state index contributed by atoms with van der Waals surface area (Å²) in [5.74, 6) is 0. The lowest BCUT2D eigenvalue weighted by Crippen LogP contribution is -2.40. The molecular weight excluding hydrogens is 263 g/mol. The van der Waals surface area contributed by atoms with Crippen molar-refractivity contribution in [2.24, 2.45) is 0 Å². The van der Waals surface area contributed by atoms with Crippen molar-refractivity contribution in [3.8, 4) is 0 Å². The third-order valence-corrected chi connectivity index (χ3v) is 5.00. The van der Waals surface area contributed by atoms with Gasteiger partial charge in [0.1, 0.15) is 0 Å². The largest absolute Gasteiger partial charge is 0.416 e. The molecule has 0 radical (unpaired) electrons. The molecule has 1 fully saturated rings. The van der Waals surface area contributed by atoms with Crippen molar-refractivity contribution in [2.75, 3.05) is 6.26 Å². The van der Waals surface area contributed by atoms with Crippen LogP contribution in [0.5, 0.6) is 0 Å². The van der Waals surface area contributed by atoms with E-state index < -0.39 is 22.6 Å². The number of hydrogen-bond acceptors (Lipinski definition) is 3. The lowest BCUT2D eigenvalue weighted by atomic mass is 9.77. The maximum atomic E-state index is 12.9. The summed E-state index contributed by atoms with van der Waals surface area (Å²) in [5.41, 5.74) is -0.899. The second-order valence-electron chi connectivity index (χ2n) is 4.49. The van der Waals surface area contributed by atoms with Gasteiger partial charge >= 0.3 is 6.18 Å². The van der Waals surface area contributed by atoms with E-state index in [9.17, 15) is 18.3 Å². The Kier molecular flexibility index (Phi) is 3.60. The summed E-state index contributed by atoms with van der Waals surface area (Å²) >= 11 is 1.44.